The number of nitrogens with zero attached hydrogens (tertiary/aromatic N) is 1. The van der Waals surface area contributed by atoms with Crippen molar-refractivity contribution in [2.75, 3.05) is 25.1 Å². The highest BCUT2D eigenvalue weighted by atomic mass is 35.5. The molecule has 0 aliphatic carbocycles. The third-order valence-electron chi connectivity index (χ3n) is 4.80. The predicted octanol–water partition coefficient (Wildman–Crippen LogP) is 1.55. The fourth-order valence-corrected chi connectivity index (χ4v) is 3.86. The Morgan fingerprint density at radius 2 is 1.89 bits per heavy atom. The molecule has 9 heteroatoms. The van der Waals surface area contributed by atoms with Gasteiger partial charge >= 0.3 is 0 Å². The number of fused-ring (bicyclic) bond motifs is 1. The van der Waals surface area contributed by atoms with Crippen molar-refractivity contribution in [2.24, 2.45) is 5.73 Å². The lowest BCUT2D eigenvalue weighted by atomic mass is 9.98. The molecule has 1 aliphatic rings. The van der Waals surface area contributed by atoms with E-state index < -0.39 is 15.9 Å². The number of rotatable bonds is 8. The smallest absolute Gasteiger partial charge is 0.237 e. The summed E-state index contributed by atoms with van der Waals surface area (Å²) in [7, 11) is -3.10. The zero-order chi connectivity index (χ0) is 18.4. The minimum Gasteiger partial charge on any atom is -0.353 e. The fourth-order valence-electron chi connectivity index (χ4n) is 3.18. The molecule has 0 saturated heterocycles. The lowest BCUT2D eigenvalue weighted by molar-refractivity contribution is -0.122. The second-order valence-electron chi connectivity index (χ2n) is 6.82. The highest BCUT2D eigenvalue weighted by molar-refractivity contribution is 7.90. The summed E-state index contributed by atoms with van der Waals surface area (Å²) in [6.45, 7) is 4.52. The van der Waals surface area contributed by atoms with Crippen LogP contribution in [0.1, 0.15) is 30.9 Å². The van der Waals surface area contributed by atoms with Crippen LogP contribution in [0, 0.1) is 0 Å². The van der Waals surface area contributed by atoms with E-state index in [-0.39, 0.29) is 48.9 Å². The molecule has 0 aromatic heterocycles. The van der Waals surface area contributed by atoms with Crippen molar-refractivity contribution in [1.29, 1.82) is 0 Å². The van der Waals surface area contributed by atoms with E-state index in [1.54, 1.807) is 0 Å². The minimum absolute atomic E-state index is 0. The van der Waals surface area contributed by atoms with E-state index in [2.05, 4.69) is 41.4 Å². The summed E-state index contributed by atoms with van der Waals surface area (Å²) in [5.41, 5.74) is 8.56. The summed E-state index contributed by atoms with van der Waals surface area (Å²) in [5, 5.41) is 2.89. The van der Waals surface area contributed by atoms with Gasteiger partial charge in [0.25, 0.3) is 0 Å². The highest BCUT2D eigenvalue weighted by Crippen LogP contribution is 2.21. The molecule has 3 N–H and O–H groups in total. The number of halogens is 2. The Labute approximate surface area is 175 Å². The van der Waals surface area contributed by atoms with Crippen LogP contribution in [0.15, 0.2) is 24.3 Å². The number of carbonyl (C=O) groups is 1. The van der Waals surface area contributed by atoms with Gasteiger partial charge in [-0.05, 0) is 30.4 Å². The van der Waals surface area contributed by atoms with Gasteiger partial charge in [-0.2, -0.15) is 0 Å². The average molecular weight is 440 g/mol. The van der Waals surface area contributed by atoms with Crippen LogP contribution in [0.2, 0.25) is 0 Å². The van der Waals surface area contributed by atoms with Gasteiger partial charge in [0, 0.05) is 31.9 Å². The van der Waals surface area contributed by atoms with Crippen LogP contribution in [0.25, 0.3) is 0 Å². The zero-order valence-corrected chi connectivity index (χ0v) is 18.3. The third-order valence-corrected chi connectivity index (χ3v) is 5.77. The first-order chi connectivity index (χ1) is 11.8. The van der Waals surface area contributed by atoms with Crippen molar-refractivity contribution in [3.05, 3.63) is 35.4 Å². The van der Waals surface area contributed by atoms with Crippen LogP contribution < -0.4 is 11.1 Å². The van der Waals surface area contributed by atoms with E-state index in [1.165, 1.54) is 11.1 Å². The molecule has 0 bridgehead atoms. The van der Waals surface area contributed by atoms with E-state index in [1.807, 2.05) is 0 Å². The normalized spacial score (nSPS) is 16.3. The molecule has 2 rings (SSSR count). The fraction of sp³-hybridized carbons (Fsp3) is 0.611. The van der Waals surface area contributed by atoms with Crippen molar-refractivity contribution in [2.45, 2.75) is 44.8 Å². The molecule has 0 radical (unpaired) electrons. The van der Waals surface area contributed by atoms with Crippen molar-refractivity contribution in [3.63, 3.8) is 0 Å². The number of nitrogens with two attached hydrogens (primary N) is 1. The van der Waals surface area contributed by atoms with Crippen LogP contribution in [0.3, 0.4) is 0 Å². The van der Waals surface area contributed by atoms with E-state index in [0.717, 1.165) is 32.2 Å². The summed E-state index contributed by atoms with van der Waals surface area (Å²) in [6, 6.07) is 7.94. The molecule has 1 heterocycles. The van der Waals surface area contributed by atoms with E-state index in [4.69, 9.17) is 5.73 Å². The molecule has 1 aromatic rings. The quantitative estimate of drug-likeness (QED) is 0.640. The molecular formula is C18H31Cl2N3O3S. The number of hydrogen-bond donors (Lipinski definition) is 2. The average Bonchev–Trinajstić information content (AvgIpc) is 2.59. The lowest BCUT2D eigenvalue weighted by Gasteiger charge is -2.35. The van der Waals surface area contributed by atoms with Gasteiger partial charge in [0.05, 0.1) is 11.8 Å². The number of amides is 1. The third kappa shape index (κ3) is 8.35. The van der Waals surface area contributed by atoms with Gasteiger partial charge in [-0.25, -0.2) is 8.42 Å². The largest absolute Gasteiger partial charge is 0.353 e. The summed E-state index contributed by atoms with van der Waals surface area (Å²) in [6.07, 6.45) is 3.26. The van der Waals surface area contributed by atoms with Crippen molar-refractivity contribution in [3.8, 4) is 0 Å². The standard InChI is InChI=1S/C18H29N3O3S.2ClH/c1-3-16(12-20-18(22)17(19)9-11-25(2,23)24)21-10-8-14-6-4-5-7-15(14)13-21;;/h4-7,16-17H,3,8-13,19H2,1-2H3,(H,20,22);2*1H. The maximum absolute atomic E-state index is 12.1. The van der Waals surface area contributed by atoms with E-state index >= 15 is 0 Å². The molecule has 6 nitrogen and oxygen atoms in total. The van der Waals surface area contributed by atoms with Gasteiger partial charge in [-0.15, -0.1) is 24.8 Å². The summed E-state index contributed by atoms with van der Waals surface area (Å²) in [4.78, 5) is 14.5. The Morgan fingerprint density at radius 3 is 2.48 bits per heavy atom. The Bertz CT molecular complexity index is 701. The van der Waals surface area contributed by atoms with Crippen molar-refractivity contribution < 1.29 is 13.2 Å². The molecule has 0 spiro atoms. The Kier molecular flexibility index (Phi) is 11.5. The molecule has 1 amide bonds. The number of benzene rings is 1. The van der Waals surface area contributed by atoms with Gasteiger partial charge in [0.1, 0.15) is 9.84 Å². The molecule has 1 aromatic carbocycles. The van der Waals surface area contributed by atoms with Crippen LogP contribution in [-0.2, 0) is 27.6 Å². The Morgan fingerprint density at radius 1 is 1.26 bits per heavy atom. The zero-order valence-electron chi connectivity index (χ0n) is 15.9. The molecule has 0 fully saturated rings. The van der Waals surface area contributed by atoms with Crippen LogP contribution >= 0.6 is 24.8 Å². The topological polar surface area (TPSA) is 92.5 Å². The molecule has 2 atom stereocenters. The number of nitrogens with one attached hydrogen (secondary N) is 1. The first kappa shape index (κ1) is 26.1. The van der Waals surface area contributed by atoms with Gasteiger partial charge in [0.2, 0.25) is 5.91 Å². The van der Waals surface area contributed by atoms with Gasteiger partial charge in [-0.3, -0.25) is 9.69 Å². The van der Waals surface area contributed by atoms with Crippen molar-refractivity contribution >= 4 is 40.6 Å². The van der Waals surface area contributed by atoms with Crippen molar-refractivity contribution in [1.82, 2.24) is 10.2 Å². The van der Waals surface area contributed by atoms with Gasteiger partial charge in [0.15, 0.2) is 0 Å². The summed E-state index contributed by atoms with van der Waals surface area (Å²) >= 11 is 0. The van der Waals surface area contributed by atoms with Crippen LogP contribution in [-0.4, -0.2) is 56.4 Å². The highest BCUT2D eigenvalue weighted by Gasteiger charge is 2.23. The Hall–Kier alpha value is -0.860. The van der Waals surface area contributed by atoms with Gasteiger partial charge < -0.3 is 11.1 Å². The molecule has 2 unspecified atom stereocenters. The number of sulfone groups is 1. The number of carbonyl (C=O) groups excluding carboxylic acids is 1. The maximum Gasteiger partial charge on any atom is 0.237 e. The second-order valence-corrected chi connectivity index (χ2v) is 9.08. The maximum atomic E-state index is 12.1. The van der Waals surface area contributed by atoms with E-state index in [9.17, 15) is 13.2 Å². The lowest BCUT2D eigenvalue weighted by Crippen LogP contribution is -2.49. The first-order valence-electron chi connectivity index (χ1n) is 8.82. The molecule has 1 aliphatic heterocycles. The molecule has 0 saturated carbocycles. The predicted molar refractivity (Wildman–Crippen MR) is 114 cm³/mol. The monoisotopic (exact) mass is 439 g/mol. The molecule has 156 valence electrons. The second kappa shape index (κ2) is 11.9. The Balaban J connectivity index is 0.00000338. The summed E-state index contributed by atoms with van der Waals surface area (Å²) in [5.74, 6) is -0.346. The van der Waals surface area contributed by atoms with Gasteiger partial charge in [-0.1, -0.05) is 31.2 Å². The van der Waals surface area contributed by atoms with E-state index in [0.29, 0.717) is 6.54 Å². The SMILES string of the molecule is CCC(CNC(=O)C(N)CCS(C)(=O)=O)N1CCc2ccccc2C1.Cl.Cl. The van der Waals surface area contributed by atoms with Crippen LogP contribution in [0.4, 0.5) is 0 Å². The minimum atomic E-state index is -3.10. The molecule has 27 heavy (non-hydrogen) atoms. The number of hydrogen-bond acceptors (Lipinski definition) is 5. The summed E-state index contributed by atoms with van der Waals surface area (Å²) < 4.78 is 22.4. The first-order valence-corrected chi connectivity index (χ1v) is 10.9. The molecular weight excluding hydrogens is 409 g/mol. The van der Waals surface area contributed by atoms with Crippen LogP contribution in [0.5, 0.6) is 0 Å².